The molecule has 0 spiro atoms. The summed E-state index contributed by atoms with van der Waals surface area (Å²) in [5.41, 5.74) is 2.42. The van der Waals surface area contributed by atoms with E-state index in [0.29, 0.717) is 35.0 Å². The molecule has 0 fully saturated rings. The van der Waals surface area contributed by atoms with Crippen molar-refractivity contribution >= 4 is 33.2 Å². The van der Waals surface area contributed by atoms with Crippen LogP contribution in [0.15, 0.2) is 71.6 Å². The average Bonchev–Trinajstić information content (AvgIpc) is 2.86. The van der Waals surface area contributed by atoms with Crippen LogP contribution >= 0.6 is 0 Å². The number of nitrogens with one attached hydrogen (secondary N) is 1. The van der Waals surface area contributed by atoms with Crippen LogP contribution in [0.25, 0.3) is 0 Å². The molecule has 0 aromatic heterocycles. The van der Waals surface area contributed by atoms with Crippen molar-refractivity contribution in [3.63, 3.8) is 0 Å². The lowest BCUT2D eigenvalue weighted by molar-refractivity contribution is -0.121. The van der Waals surface area contributed by atoms with Gasteiger partial charge in [-0.1, -0.05) is 17.7 Å². The highest BCUT2D eigenvalue weighted by atomic mass is 32.2. The Morgan fingerprint density at radius 2 is 1.75 bits per heavy atom. The van der Waals surface area contributed by atoms with Gasteiger partial charge in [0.15, 0.2) is 6.61 Å². The predicted octanol–water partition coefficient (Wildman–Crippen LogP) is 3.30. The molecule has 1 aliphatic heterocycles. The monoisotopic (exact) mass is 509 g/mol. The fourth-order valence-electron chi connectivity index (χ4n) is 3.61. The van der Waals surface area contributed by atoms with E-state index in [9.17, 15) is 18.0 Å². The van der Waals surface area contributed by atoms with E-state index in [4.69, 9.17) is 9.47 Å². The quantitative estimate of drug-likeness (QED) is 0.500. The summed E-state index contributed by atoms with van der Waals surface area (Å²) in [7, 11) is -0.702. The minimum Gasteiger partial charge on any atom is -0.492 e. The Morgan fingerprint density at radius 1 is 1.06 bits per heavy atom. The van der Waals surface area contributed by atoms with Gasteiger partial charge in [-0.05, 0) is 61.5 Å². The summed E-state index contributed by atoms with van der Waals surface area (Å²) in [6, 6.07) is 18.4. The van der Waals surface area contributed by atoms with Gasteiger partial charge in [-0.2, -0.15) is 0 Å². The maximum atomic E-state index is 12.8. The number of carbonyl (C=O) groups excluding carboxylic acids is 2. The highest BCUT2D eigenvalue weighted by Gasteiger charge is 2.26. The number of anilines is 2. The summed E-state index contributed by atoms with van der Waals surface area (Å²) in [5, 5.41) is 2.79. The number of ether oxygens (including phenoxy) is 2. The van der Waals surface area contributed by atoms with Gasteiger partial charge in [-0.15, -0.1) is 0 Å². The van der Waals surface area contributed by atoms with E-state index in [1.54, 1.807) is 23.1 Å². The average molecular weight is 510 g/mol. The van der Waals surface area contributed by atoms with Crippen LogP contribution in [0.5, 0.6) is 11.5 Å². The van der Waals surface area contributed by atoms with Gasteiger partial charge in [0.2, 0.25) is 10.0 Å². The van der Waals surface area contributed by atoms with Gasteiger partial charge in [0.05, 0.1) is 17.1 Å². The maximum absolute atomic E-state index is 12.8. The molecule has 0 atom stereocenters. The third-order valence-corrected chi connectivity index (χ3v) is 7.49. The SMILES string of the molecule is Cc1ccc(OCCN2C(=O)COc3ccc(NC(=O)c4ccc(S(=O)(=O)N(C)C)cc4)cc32)cc1. The molecule has 0 bridgehead atoms. The fourth-order valence-corrected chi connectivity index (χ4v) is 4.51. The lowest BCUT2D eigenvalue weighted by atomic mass is 10.1. The van der Waals surface area contributed by atoms with Gasteiger partial charge in [0.1, 0.15) is 18.1 Å². The summed E-state index contributed by atoms with van der Waals surface area (Å²) in [6.07, 6.45) is 0. The van der Waals surface area contributed by atoms with Crippen LogP contribution in [-0.4, -0.2) is 58.4 Å². The van der Waals surface area contributed by atoms with Crippen LogP contribution < -0.4 is 19.7 Å². The number of hydrogen-bond acceptors (Lipinski definition) is 6. The number of carbonyl (C=O) groups is 2. The molecule has 36 heavy (non-hydrogen) atoms. The molecule has 2 amide bonds. The molecule has 0 aliphatic carbocycles. The Kier molecular flexibility index (Phi) is 7.27. The van der Waals surface area contributed by atoms with Gasteiger partial charge >= 0.3 is 0 Å². The molecule has 0 saturated heterocycles. The molecule has 0 unspecified atom stereocenters. The van der Waals surface area contributed by atoms with Gasteiger partial charge in [0, 0.05) is 25.3 Å². The lowest BCUT2D eigenvalue weighted by Gasteiger charge is -2.29. The Labute approximate surface area is 210 Å². The standard InChI is InChI=1S/C26H27N3O6S/c1-18-4-9-21(10-5-18)34-15-14-29-23-16-20(8-13-24(23)35-17-25(29)30)27-26(31)19-6-11-22(12-7-19)36(32,33)28(2)3/h4-13,16H,14-15,17H2,1-3H3,(H,27,31). The van der Waals surface area contributed by atoms with Crippen LogP contribution in [0.2, 0.25) is 0 Å². The second-order valence-corrected chi connectivity index (χ2v) is 10.6. The van der Waals surface area contributed by atoms with Crippen LogP contribution in [0, 0.1) is 6.92 Å². The predicted molar refractivity (Wildman–Crippen MR) is 136 cm³/mol. The fraction of sp³-hybridized carbons (Fsp3) is 0.231. The lowest BCUT2D eigenvalue weighted by Crippen LogP contribution is -2.41. The first-order valence-corrected chi connectivity index (χ1v) is 12.7. The normalized spacial score (nSPS) is 13.2. The molecular formula is C26H27N3O6S. The van der Waals surface area contributed by atoms with Crippen LogP contribution in [0.4, 0.5) is 11.4 Å². The first-order valence-electron chi connectivity index (χ1n) is 11.3. The van der Waals surface area contributed by atoms with E-state index < -0.39 is 15.9 Å². The highest BCUT2D eigenvalue weighted by molar-refractivity contribution is 7.89. The topological polar surface area (TPSA) is 105 Å². The number of amides is 2. The molecule has 1 aliphatic rings. The van der Waals surface area contributed by atoms with Crippen molar-refractivity contribution in [1.82, 2.24) is 4.31 Å². The Morgan fingerprint density at radius 3 is 2.42 bits per heavy atom. The number of aryl methyl sites for hydroxylation is 1. The second kappa shape index (κ2) is 10.4. The zero-order valence-corrected chi connectivity index (χ0v) is 21.0. The van der Waals surface area contributed by atoms with Crippen LogP contribution in [-0.2, 0) is 14.8 Å². The minimum atomic E-state index is -3.59. The third kappa shape index (κ3) is 5.50. The summed E-state index contributed by atoms with van der Waals surface area (Å²) in [5.74, 6) is 0.616. The zero-order chi connectivity index (χ0) is 25.9. The largest absolute Gasteiger partial charge is 0.492 e. The molecule has 10 heteroatoms. The van der Waals surface area contributed by atoms with Crippen molar-refractivity contribution in [1.29, 1.82) is 0 Å². The Hall–Kier alpha value is -3.89. The minimum absolute atomic E-state index is 0.0779. The van der Waals surface area contributed by atoms with Gasteiger partial charge < -0.3 is 19.7 Å². The summed E-state index contributed by atoms with van der Waals surface area (Å²) >= 11 is 0. The molecule has 0 saturated carbocycles. The van der Waals surface area contributed by atoms with E-state index in [-0.39, 0.29) is 24.0 Å². The van der Waals surface area contributed by atoms with Crippen LogP contribution in [0.3, 0.4) is 0 Å². The molecule has 9 nitrogen and oxygen atoms in total. The number of nitrogens with zero attached hydrogens (tertiary/aromatic N) is 2. The van der Waals surface area contributed by atoms with Crippen molar-refractivity contribution in [3.05, 3.63) is 77.9 Å². The van der Waals surface area contributed by atoms with E-state index in [0.717, 1.165) is 9.87 Å². The van der Waals surface area contributed by atoms with Gasteiger partial charge in [-0.3, -0.25) is 9.59 Å². The summed E-state index contributed by atoms with van der Waals surface area (Å²) in [6.45, 7) is 2.51. The first-order chi connectivity index (χ1) is 17.1. The van der Waals surface area contributed by atoms with Crippen molar-refractivity contribution < 1.29 is 27.5 Å². The zero-order valence-electron chi connectivity index (χ0n) is 20.2. The Balaban J connectivity index is 1.46. The van der Waals surface area contributed by atoms with E-state index >= 15 is 0 Å². The van der Waals surface area contributed by atoms with Gasteiger partial charge in [0.25, 0.3) is 11.8 Å². The number of fused-ring (bicyclic) bond motifs is 1. The van der Waals surface area contributed by atoms with E-state index in [1.807, 2.05) is 31.2 Å². The van der Waals surface area contributed by atoms with Crippen molar-refractivity contribution in [2.45, 2.75) is 11.8 Å². The molecule has 4 rings (SSSR count). The van der Waals surface area contributed by atoms with Crippen molar-refractivity contribution in [2.24, 2.45) is 0 Å². The second-order valence-electron chi connectivity index (χ2n) is 8.44. The first kappa shape index (κ1) is 25.2. The highest BCUT2D eigenvalue weighted by Crippen LogP contribution is 2.34. The third-order valence-electron chi connectivity index (χ3n) is 5.66. The number of hydrogen-bond donors (Lipinski definition) is 1. The van der Waals surface area contributed by atoms with Gasteiger partial charge in [-0.25, -0.2) is 12.7 Å². The van der Waals surface area contributed by atoms with Crippen molar-refractivity contribution in [3.8, 4) is 11.5 Å². The molecule has 3 aromatic carbocycles. The van der Waals surface area contributed by atoms with Crippen LogP contribution in [0.1, 0.15) is 15.9 Å². The van der Waals surface area contributed by atoms with Crippen molar-refractivity contribution in [2.75, 3.05) is 44.1 Å². The molecule has 3 aromatic rings. The van der Waals surface area contributed by atoms with E-state index in [1.165, 1.54) is 38.4 Å². The number of sulfonamides is 1. The molecule has 1 heterocycles. The maximum Gasteiger partial charge on any atom is 0.265 e. The molecule has 0 radical (unpaired) electrons. The number of rotatable bonds is 8. The number of benzene rings is 3. The molecular weight excluding hydrogens is 482 g/mol. The van der Waals surface area contributed by atoms with E-state index in [2.05, 4.69) is 5.32 Å². The summed E-state index contributed by atoms with van der Waals surface area (Å²) in [4.78, 5) is 27.0. The molecule has 1 N–H and O–H groups in total. The smallest absolute Gasteiger partial charge is 0.265 e. The molecule has 188 valence electrons. The Bertz CT molecular complexity index is 1370. The summed E-state index contributed by atoms with van der Waals surface area (Å²) < 4.78 is 36.9.